The molecule has 0 unspecified atom stereocenters. The van der Waals surface area contributed by atoms with Crippen molar-refractivity contribution in [3.63, 3.8) is 0 Å². The van der Waals surface area contributed by atoms with Gasteiger partial charge in [0.2, 0.25) is 0 Å². The lowest BCUT2D eigenvalue weighted by atomic mass is 9.94. The van der Waals surface area contributed by atoms with Gasteiger partial charge in [0, 0.05) is 36.5 Å². The number of aromatic nitrogens is 1. The van der Waals surface area contributed by atoms with Gasteiger partial charge in [0.25, 0.3) is 0 Å². The molecule has 0 radical (unpaired) electrons. The molecule has 0 amide bonds. The highest BCUT2D eigenvalue weighted by molar-refractivity contribution is 7.25. The van der Waals surface area contributed by atoms with E-state index in [2.05, 4.69) is 95.6 Å². The highest BCUT2D eigenvalue weighted by Gasteiger charge is 2.20. The summed E-state index contributed by atoms with van der Waals surface area (Å²) in [4.78, 5) is 0. The van der Waals surface area contributed by atoms with Gasteiger partial charge in [-0.25, -0.2) is 0 Å². The Labute approximate surface area is 216 Å². The molecule has 8 rings (SSSR count). The number of allylic oxidation sites excluding steroid dienone is 2. The molecule has 6 aromatic rings. The van der Waals surface area contributed by atoms with E-state index in [1.54, 1.807) is 0 Å². The molecule has 0 bridgehead atoms. The molecular weight excluding hydrogens is 454 g/mol. The molecule has 0 N–H and O–H groups in total. The van der Waals surface area contributed by atoms with Gasteiger partial charge < -0.3 is 4.57 Å². The quantitative estimate of drug-likeness (QED) is 0.219. The second-order valence-corrected chi connectivity index (χ2v) is 10.7. The first kappa shape index (κ1) is 21.6. The first-order valence-corrected chi connectivity index (χ1v) is 14.0. The maximum Gasteiger partial charge on any atom is 0.0555 e. The third-order valence-corrected chi connectivity index (χ3v) is 8.82. The normalized spacial score (nSPS) is 14.3. The lowest BCUT2D eigenvalue weighted by Gasteiger charge is -2.18. The molecule has 2 aliphatic rings. The molecule has 176 valence electrons. The zero-order valence-electron chi connectivity index (χ0n) is 20.8. The maximum absolute atomic E-state index is 2.54. The molecule has 0 aliphatic heterocycles. The summed E-state index contributed by atoms with van der Waals surface area (Å²) < 4.78 is 5.27. The molecule has 2 aromatic heterocycles. The molecule has 0 fully saturated rings. The van der Waals surface area contributed by atoms with Crippen molar-refractivity contribution in [2.45, 2.75) is 39.5 Å². The molecular formula is C34H29NS. The second-order valence-electron chi connectivity index (χ2n) is 9.60. The van der Waals surface area contributed by atoms with E-state index in [4.69, 9.17) is 0 Å². The number of hydrogen-bond donors (Lipinski definition) is 0. The highest BCUT2D eigenvalue weighted by Crippen LogP contribution is 2.42. The monoisotopic (exact) mass is 483 g/mol. The number of rotatable bonds is 1. The van der Waals surface area contributed by atoms with Gasteiger partial charge >= 0.3 is 0 Å². The smallest absolute Gasteiger partial charge is 0.0555 e. The van der Waals surface area contributed by atoms with E-state index < -0.39 is 0 Å². The van der Waals surface area contributed by atoms with Crippen LogP contribution in [0.5, 0.6) is 0 Å². The summed E-state index contributed by atoms with van der Waals surface area (Å²) in [6.45, 7) is 4.00. The number of fused-ring (bicyclic) bond motifs is 8. The van der Waals surface area contributed by atoms with E-state index in [1.165, 1.54) is 69.9 Å². The highest BCUT2D eigenvalue weighted by atomic mass is 32.1. The molecule has 0 saturated carbocycles. The standard InChI is InChI=1S/C32H23NS.C2H6/c1-2-10-22-17-29-25(16-21(22)9-1)26-18-27-24-13-5-6-15-31(24)34-32(27)19-30(26)33(29)28-14-7-11-20-8-3-4-12-23(20)28;1-2/h1,4-7,9,11-19H,2-3,8,10H2;1-2H3. The molecule has 1 nitrogen and oxygen atoms in total. The third-order valence-electron chi connectivity index (χ3n) is 7.68. The summed E-state index contributed by atoms with van der Waals surface area (Å²) in [5.74, 6) is 0. The van der Waals surface area contributed by atoms with Crippen LogP contribution in [-0.4, -0.2) is 4.57 Å². The predicted octanol–water partition coefficient (Wildman–Crippen LogP) is 10.1. The third kappa shape index (κ3) is 3.14. The molecule has 36 heavy (non-hydrogen) atoms. The molecule has 2 heterocycles. The van der Waals surface area contributed by atoms with Crippen molar-refractivity contribution in [3.05, 3.63) is 101 Å². The van der Waals surface area contributed by atoms with Gasteiger partial charge in [-0.05, 0) is 78.8 Å². The van der Waals surface area contributed by atoms with Crippen LogP contribution in [0.4, 0.5) is 0 Å². The van der Waals surface area contributed by atoms with Crippen LogP contribution in [0.2, 0.25) is 0 Å². The van der Waals surface area contributed by atoms with Gasteiger partial charge in [-0.1, -0.05) is 68.5 Å². The van der Waals surface area contributed by atoms with Crippen molar-refractivity contribution < 1.29 is 0 Å². The van der Waals surface area contributed by atoms with E-state index in [9.17, 15) is 0 Å². The number of benzene rings is 4. The summed E-state index contributed by atoms with van der Waals surface area (Å²) >= 11 is 1.91. The van der Waals surface area contributed by atoms with Crippen LogP contribution in [0.3, 0.4) is 0 Å². The van der Waals surface area contributed by atoms with Crippen LogP contribution in [0.1, 0.15) is 48.9 Å². The van der Waals surface area contributed by atoms with E-state index in [1.807, 2.05) is 25.2 Å². The van der Waals surface area contributed by atoms with Crippen LogP contribution in [0, 0.1) is 0 Å². The SMILES string of the molecule is C1=Cc2cc3c4cc5c(cc4n(-c4cccc6c4C=CCC6)c3cc2CC1)sc1ccccc15.CC. The molecule has 0 saturated heterocycles. The van der Waals surface area contributed by atoms with Crippen LogP contribution in [0.25, 0.3) is 59.8 Å². The average Bonchev–Trinajstić information content (AvgIpc) is 3.45. The summed E-state index contributed by atoms with van der Waals surface area (Å²) in [7, 11) is 0. The van der Waals surface area contributed by atoms with Crippen molar-refractivity contribution in [1.29, 1.82) is 0 Å². The first-order valence-electron chi connectivity index (χ1n) is 13.2. The Kier molecular flexibility index (Phi) is 5.11. The Balaban J connectivity index is 0.00000108. The number of aryl methyl sites for hydroxylation is 2. The topological polar surface area (TPSA) is 4.93 Å². The Hall–Kier alpha value is -3.62. The lowest BCUT2D eigenvalue weighted by molar-refractivity contribution is 0.975. The summed E-state index contributed by atoms with van der Waals surface area (Å²) in [6.07, 6.45) is 13.8. The zero-order chi connectivity index (χ0) is 24.2. The van der Waals surface area contributed by atoms with Crippen LogP contribution < -0.4 is 0 Å². The van der Waals surface area contributed by atoms with E-state index >= 15 is 0 Å². The number of thiophene rings is 1. The molecule has 2 aliphatic carbocycles. The maximum atomic E-state index is 2.54. The Morgan fingerprint density at radius 3 is 2.33 bits per heavy atom. The molecule has 2 heteroatoms. The molecule has 0 spiro atoms. The predicted molar refractivity (Wildman–Crippen MR) is 160 cm³/mol. The summed E-state index contributed by atoms with van der Waals surface area (Å²) in [5.41, 5.74) is 9.63. The van der Waals surface area contributed by atoms with Crippen LogP contribution in [0.15, 0.2) is 78.9 Å². The van der Waals surface area contributed by atoms with Gasteiger partial charge in [0.1, 0.15) is 0 Å². The molecule has 4 aromatic carbocycles. The second kappa shape index (κ2) is 8.50. The Bertz CT molecular complexity index is 1860. The van der Waals surface area contributed by atoms with Crippen molar-refractivity contribution in [2.24, 2.45) is 0 Å². The number of nitrogens with zero attached hydrogens (tertiary/aromatic N) is 1. The van der Waals surface area contributed by atoms with Crippen molar-refractivity contribution in [3.8, 4) is 5.69 Å². The van der Waals surface area contributed by atoms with Gasteiger partial charge in [-0.15, -0.1) is 11.3 Å². The largest absolute Gasteiger partial charge is 0.309 e. The summed E-state index contributed by atoms with van der Waals surface area (Å²) in [5, 5.41) is 5.44. The minimum absolute atomic E-state index is 1.12. The van der Waals surface area contributed by atoms with Crippen LogP contribution in [-0.2, 0) is 12.8 Å². The fraction of sp³-hybridized carbons (Fsp3) is 0.176. The zero-order valence-corrected chi connectivity index (χ0v) is 21.7. The Morgan fingerprint density at radius 2 is 1.42 bits per heavy atom. The van der Waals surface area contributed by atoms with Crippen molar-refractivity contribution in [1.82, 2.24) is 4.57 Å². The van der Waals surface area contributed by atoms with Crippen LogP contribution >= 0.6 is 11.3 Å². The van der Waals surface area contributed by atoms with Gasteiger partial charge in [0.15, 0.2) is 0 Å². The summed E-state index contributed by atoms with van der Waals surface area (Å²) in [6, 6.07) is 25.5. The van der Waals surface area contributed by atoms with E-state index in [0.29, 0.717) is 0 Å². The van der Waals surface area contributed by atoms with Gasteiger partial charge in [-0.3, -0.25) is 0 Å². The fourth-order valence-electron chi connectivity index (χ4n) is 6.07. The molecule has 0 atom stereocenters. The van der Waals surface area contributed by atoms with Gasteiger partial charge in [0.05, 0.1) is 16.7 Å². The lowest BCUT2D eigenvalue weighted by Crippen LogP contribution is -2.03. The Morgan fingerprint density at radius 1 is 0.639 bits per heavy atom. The minimum atomic E-state index is 1.12. The van der Waals surface area contributed by atoms with E-state index in [-0.39, 0.29) is 0 Å². The minimum Gasteiger partial charge on any atom is -0.309 e. The van der Waals surface area contributed by atoms with Crippen molar-refractivity contribution >= 4 is 65.5 Å². The van der Waals surface area contributed by atoms with E-state index in [0.717, 1.165) is 25.7 Å². The fourth-order valence-corrected chi connectivity index (χ4v) is 7.19. The first-order chi connectivity index (χ1) is 17.8. The number of hydrogen-bond acceptors (Lipinski definition) is 1. The average molecular weight is 484 g/mol. The van der Waals surface area contributed by atoms with Gasteiger partial charge in [-0.2, -0.15) is 0 Å². The van der Waals surface area contributed by atoms with Crippen molar-refractivity contribution in [2.75, 3.05) is 0 Å².